The highest BCUT2D eigenvalue weighted by Crippen LogP contribution is 2.33. The van der Waals surface area contributed by atoms with Crippen LogP contribution >= 0.6 is 12.2 Å². The molecule has 0 unspecified atom stereocenters. The molecule has 3 aromatic rings. The van der Waals surface area contributed by atoms with Crippen LogP contribution in [0.15, 0.2) is 54.6 Å². The zero-order valence-corrected chi connectivity index (χ0v) is 19.3. The van der Waals surface area contributed by atoms with Gasteiger partial charge in [-0.3, -0.25) is 4.79 Å². The molecule has 1 aromatic heterocycles. The minimum atomic E-state index is -0.281. The van der Waals surface area contributed by atoms with Crippen LogP contribution in [0.25, 0.3) is 11.3 Å². The molecule has 1 aliphatic heterocycles. The van der Waals surface area contributed by atoms with Gasteiger partial charge in [0.1, 0.15) is 5.82 Å². The third kappa shape index (κ3) is 4.55. The van der Waals surface area contributed by atoms with Crippen LogP contribution in [0.2, 0.25) is 0 Å². The summed E-state index contributed by atoms with van der Waals surface area (Å²) in [6.45, 7) is 1.27. The Morgan fingerprint density at radius 3 is 2.48 bits per heavy atom. The lowest BCUT2D eigenvalue weighted by molar-refractivity contribution is 0.0779. The summed E-state index contributed by atoms with van der Waals surface area (Å²) in [6.07, 6.45) is 6.03. The summed E-state index contributed by atoms with van der Waals surface area (Å²) >= 11 is 5.67. The first kappa shape index (κ1) is 21.8. The highest BCUT2D eigenvalue weighted by molar-refractivity contribution is 7.80. The Hall–Kier alpha value is -3.06. The first-order valence-electron chi connectivity index (χ1n) is 11.6. The number of halogens is 1. The van der Waals surface area contributed by atoms with E-state index < -0.39 is 0 Å². The van der Waals surface area contributed by atoms with E-state index in [-0.39, 0.29) is 17.6 Å². The Morgan fingerprint density at radius 2 is 1.76 bits per heavy atom. The zero-order valence-electron chi connectivity index (χ0n) is 18.5. The number of anilines is 1. The maximum absolute atomic E-state index is 13.4. The van der Waals surface area contributed by atoms with Crippen LogP contribution in [0.3, 0.4) is 0 Å². The average molecular weight is 463 g/mol. The highest BCUT2D eigenvalue weighted by atomic mass is 32.1. The van der Waals surface area contributed by atoms with Gasteiger partial charge in [0.25, 0.3) is 0 Å². The van der Waals surface area contributed by atoms with Crippen molar-refractivity contribution < 1.29 is 9.18 Å². The van der Waals surface area contributed by atoms with E-state index in [9.17, 15) is 9.18 Å². The quantitative estimate of drug-likeness (QED) is 0.509. The van der Waals surface area contributed by atoms with Crippen molar-refractivity contribution in [3.63, 3.8) is 0 Å². The summed E-state index contributed by atoms with van der Waals surface area (Å²) in [6, 6.07) is 16.2. The molecule has 0 amide bonds. The predicted molar refractivity (Wildman–Crippen MR) is 132 cm³/mol. The van der Waals surface area contributed by atoms with E-state index in [2.05, 4.69) is 10.2 Å². The van der Waals surface area contributed by atoms with Crippen molar-refractivity contribution >= 4 is 28.9 Å². The van der Waals surface area contributed by atoms with Crippen molar-refractivity contribution in [2.24, 2.45) is 5.92 Å². The van der Waals surface area contributed by atoms with E-state index in [0.29, 0.717) is 24.6 Å². The maximum atomic E-state index is 13.4. The molecule has 0 spiro atoms. The molecule has 33 heavy (non-hydrogen) atoms. The van der Waals surface area contributed by atoms with Crippen molar-refractivity contribution in [3.8, 4) is 11.3 Å². The van der Waals surface area contributed by atoms with Crippen molar-refractivity contribution in [2.75, 3.05) is 11.9 Å². The molecule has 1 saturated carbocycles. The standard InChI is InChI=1S/C26H27FN4OS/c27-20-11-13-21(14-12-20)28-26(33)30-16-15-23-22(17-30)24(18-7-3-1-4-8-18)29-31(23)25(32)19-9-5-2-6-10-19/h1,3-4,7-8,11-14,19H,2,5-6,9-10,15-17H2,(H,28,33). The SMILES string of the molecule is O=C(C1CCCCC1)n1nc(-c2ccccc2)c2c1CCN(C(=S)Nc1ccc(F)cc1)C2. The van der Waals surface area contributed by atoms with Gasteiger partial charge in [-0.15, -0.1) is 0 Å². The van der Waals surface area contributed by atoms with Gasteiger partial charge in [0.2, 0.25) is 5.91 Å². The van der Waals surface area contributed by atoms with Crippen LogP contribution in [0.4, 0.5) is 10.1 Å². The van der Waals surface area contributed by atoms with Crippen LogP contribution < -0.4 is 5.32 Å². The van der Waals surface area contributed by atoms with Gasteiger partial charge < -0.3 is 10.2 Å². The van der Waals surface area contributed by atoms with Gasteiger partial charge in [-0.25, -0.2) is 9.07 Å². The van der Waals surface area contributed by atoms with Crippen molar-refractivity contribution in [1.82, 2.24) is 14.7 Å². The lowest BCUT2D eigenvalue weighted by atomic mass is 9.88. The summed E-state index contributed by atoms with van der Waals surface area (Å²) < 4.78 is 14.9. The van der Waals surface area contributed by atoms with Gasteiger partial charge >= 0.3 is 0 Å². The van der Waals surface area contributed by atoms with Gasteiger partial charge in [-0.1, -0.05) is 49.6 Å². The Morgan fingerprint density at radius 1 is 1.03 bits per heavy atom. The number of hydrogen-bond acceptors (Lipinski definition) is 3. The molecule has 0 atom stereocenters. The smallest absolute Gasteiger partial charge is 0.250 e. The summed E-state index contributed by atoms with van der Waals surface area (Å²) in [4.78, 5) is 15.5. The van der Waals surface area contributed by atoms with E-state index in [0.717, 1.165) is 53.9 Å². The minimum absolute atomic E-state index is 0.0608. The number of carbonyl (C=O) groups excluding carboxylic acids is 1. The lowest BCUT2D eigenvalue weighted by Crippen LogP contribution is -2.39. The topological polar surface area (TPSA) is 50.2 Å². The second kappa shape index (κ2) is 9.43. The average Bonchev–Trinajstić information content (AvgIpc) is 3.25. The van der Waals surface area contributed by atoms with Crippen molar-refractivity contribution in [1.29, 1.82) is 0 Å². The number of nitrogens with zero attached hydrogens (tertiary/aromatic N) is 3. The molecular formula is C26H27FN4OS. The highest BCUT2D eigenvalue weighted by Gasteiger charge is 2.32. The number of carbonyl (C=O) groups is 1. The van der Waals surface area contributed by atoms with Gasteiger partial charge in [0.15, 0.2) is 5.11 Å². The first-order chi connectivity index (χ1) is 16.1. The van der Waals surface area contributed by atoms with Crippen LogP contribution in [-0.4, -0.2) is 32.2 Å². The number of aromatic nitrogens is 2. The Labute approximate surface area is 198 Å². The van der Waals surface area contributed by atoms with E-state index in [1.54, 1.807) is 16.8 Å². The fourth-order valence-electron chi connectivity index (χ4n) is 4.86. The largest absolute Gasteiger partial charge is 0.344 e. The number of hydrogen-bond donors (Lipinski definition) is 1. The molecule has 0 bridgehead atoms. The molecule has 7 heteroatoms. The molecule has 2 aliphatic rings. The monoisotopic (exact) mass is 462 g/mol. The number of nitrogens with one attached hydrogen (secondary N) is 1. The molecule has 5 nitrogen and oxygen atoms in total. The van der Waals surface area contributed by atoms with Gasteiger partial charge in [0.05, 0.1) is 11.4 Å². The minimum Gasteiger partial charge on any atom is -0.344 e. The number of fused-ring (bicyclic) bond motifs is 1. The van der Waals surface area contributed by atoms with Crippen molar-refractivity contribution in [2.45, 2.75) is 45.1 Å². The third-order valence-corrected chi connectivity index (χ3v) is 7.01. The number of thiocarbonyl (C=S) groups is 1. The molecule has 1 fully saturated rings. The second-order valence-electron chi connectivity index (χ2n) is 8.83. The second-order valence-corrected chi connectivity index (χ2v) is 9.22. The molecule has 1 N–H and O–H groups in total. The van der Waals surface area contributed by atoms with E-state index >= 15 is 0 Å². The van der Waals surface area contributed by atoms with E-state index in [1.807, 2.05) is 30.3 Å². The molecule has 1 aliphatic carbocycles. The van der Waals surface area contributed by atoms with Crippen molar-refractivity contribution in [3.05, 3.63) is 71.7 Å². The van der Waals surface area contributed by atoms with E-state index in [1.165, 1.54) is 18.6 Å². The van der Waals surface area contributed by atoms with Crippen LogP contribution in [0, 0.1) is 11.7 Å². The molecule has 0 saturated heterocycles. The van der Waals surface area contributed by atoms with Crippen LogP contribution in [0.5, 0.6) is 0 Å². The lowest BCUT2D eigenvalue weighted by Gasteiger charge is -2.30. The summed E-state index contributed by atoms with van der Waals surface area (Å²) in [5.41, 5.74) is 4.66. The Kier molecular flexibility index (Phi) is 6.22. The van der Waals surface area contributed by atoms with E-state index in [4.69, 9.17) is 17.3 Å². The zero-order chi connectivity index (χ0) is 22.8. The van der Waals surface area contributed by atoms with Gasteiger partial charge in [0, 0.05) is 42.2 Å². The summed E-state index contributed by atoms with van der Waals surface area (Å²) in [7, 11) is 0. The predicted octanol–water partition coefficient (Wildman–Crippen LogP) is 5.66. The molecular weight excluding hydrogens is 435 g/mol. The number of benzene rings is 2. The third-order valence-electron chi connectivity index (χ3n) is 6.65. The van der Waals surface area contributed by atoms with Crippen LogP contribution in [-0.2, 0) is 13.0 Å². The summed E-state index contributed by atoms with van der Waals surface area (Å²) in [5.74, 6) is -0.0872. The molecule has 170 valence electrons. The van der Waals surface area contributed by atoms with Crippen LogP contribution in [0.1, 0.15) is 48.2 Å². The normalized spacial score (nSPS) is 16.3. The first-order valence-corrected chi connectivity index (χ1v) is 12.0. The Bertz CT molecular complexity index is 1150. The Balaban J connectivity index is 1.44. The molecule has 2 heterocycles. The van der Waals surface area contributed by atoms with Gasteiger partial charge in [-0.2, -0.15) is 5.10 Å². The fourth-order valence-corrected chi connectivity index (χ4v) is 5.13. The maximum Gasteiger partial charge on any atom is 0.250 e. The fraction of sp³-hybridized carbons (Fsp3) is 0.346. The molecule has 5 rings (SSSR count). The molecule has 2 aromatic carbocycles. The number of rotatable bonds is 3. The van der Waals surface area contributed by atoms with Gasteiger partial charge in [-0.05, 0) is 49.3 Å². The summed E-state index contributed by atoms with van der Waals surface area (Å²) in [5, 5.41) is 8.65. The molecule has 0 radical (unpaired) electrons.